The molecule has 0 radical (unpaired) electrons. The van der Waals surface area contributed by atoms with Gasteiger partial charge in [-0.15, -0.1) is 0 Å². The van der Waals surface area contributed by atoms with Crippen LogP contribution in [0.2, 0.25) is 0 Å². The van der Waals surface area contributed by atoms with Crippen molar-refractivity contribution < 1.29 is 4.79 Å². The highest BCUT2D eigenvalue weighted by molar-refractivity contribution is 5.72. The highest BCUT2D eigenvalue weighted by Crippen LogP contribution is 2.15. The van der Waals surface area contributed by atoms with Crippen LogP contribution in [-0.4, -0.2) is 6.03 Å². The molecule has 0 bridgehead atoms. The summed E-state index contributed by atoms with van der Waals surface area (Å²) in [6, 6.07) is -0.602. The number of rotatable bonds is 0. The maximum absolute atomic E-state index is 9.71. The van der Waals surface area contributed by atoms with Crippen LogP contribution in [0.4, 0.5) is 4.79 Å². The molecule has 0 saturated heterocycles. The van der Waals surface area contributed by atoms with Crippen molar-refractivity contribution >= 4 is 6.03 Å². The average molecular weight is 202 g/mol. The number of urea groups is 1. The smallest absolute Gasteiger partial charge is 0.275 e. The van der Waals surface area contributed by atoms with Crippen LogP contribution in [0.5, 0.6) is 0 Å². The van der Waals surface area contributed by atoms with E-state index in [1.54, 1.807) is 10.9 Å². The van der Waals surface area contributed by atoms with Crippen LogP contribution in [0.15, 0.2) is 0 Å². The molecule has 0 spiro atoms. The number of carbonyl (C=O) groups excluding carboxylic acids is 1. The van der Waals surface area contributed by atoms with E-state index in [1.807, 2.05) is 0 Å². The van der Waals surface area contributed by atoms with Crippen molar-refractivity contribution in [1.29, 1.82) is 0 Å². The molecule has 2 aliphatic rings. The second-order valence-corrected chi connectivity index (χ2v) is 3.45. The second-order valence-electron chi connectivity index (χ2n) is 3.45. The summed E-state index contributed by atoms with van der Waals surface area (Å²) in [5.41, 5.74) is 3.48. The fourth-order valence-electron chi connectivity index (χ4n) is 0.542. The zero-order chi connectivity index (χ0) is 10.6. The molecule has 6 N–H and O–H groups in total. The monoisotopic (exact) mass is 202 g/mol. The van der Waals surface area contributed by atoms with Crippen molar-refractivity contribution in [3.63, 3.8) is 0 Å². The first-order valence-corrected chi connectivity index (χ1v) is 5.28. The standard InChI is InChI=1S/2C4H8.CH6N4O/c2*1-2-4-3-1;2-4-1(6)5-3/h2*1-4H2;2-3H2,(H2,4,5,6). The lowest BCUT2D eigenvalue weighted by Crippen LogP contribution is -2.43. The van der Waals surface area contributed by atoms with E-state index in [0.717, 1.165) is 0 Å². The third-order valence-electron chi connectivity index (χ3n) is 2.26. The van der Waals surface area contributed by atoms with Gasteiger partial charge >= 0.3 is 6.03 Å². The van der Waals surface area contributed by atoms with Gasteiger partial charge in [0.05, 0.1) is 0 Å². The Bertz CT molecular complexity index is 111. The van der Waals surface area contributed by atoms with Gasteiger partial charge < -0.3 is 0 Å². The fourth-order valence-corrected chi connectivity index (χ4v) is 0.542. The first-order valence-electron chi connectivity index (χ1n) is 5.28. The number of nitrogens with one attached hydrogen (secondary N) is 2. The van der Waals surface area contributed by atoms with Crippen LogP contribution in [0.25, 0.3) is 0 Å². The number of hydrazine groups is 2. The minimum Gasteiger partial charge on any atom is -0.275 e. The van der Waals surface area contributed by atoms with Crippen LogP contribution >= 0.6 is 0 Å². The highest BCUT2D eigenvalue weighted by atomic mass is 16.2. The topological polar surface area (TPSA) is 93.2 Å². The van der Waals surface area contributed by atoms with Gasteiger partial charge in [-0.2, -0.15) is 0 Å². The van der Waals surface area contributed by atoms with Gasteiger partial charge in [0.25, 0.3) is 0 Å². The van der Waals surface area contributed by atoms with Crippen molar-refractivity contribution in [1.82, 2.24) is 10.9 Å². The number of hydrogen-bond donors (Lipinski definition) is 4. The third kappa shape index (κ3) is 9.28. The molecule has 0 heterocycles. The predicted molar refractivity (Wildman–Crippen MR) is 57.0 cm³/mol. The SMILES string of the molecule is C1CCC1.C1CCC1.NNC(=O)NN. The number of carbonyl (C=O) groups is 1. The summed E-state index contributed by atoms with van der Waals surface area (Å²) >= 11 is 0. The van der Waals surface area contributed by atoms with E-state index in [9.17, 15) is 4.79 Å². The van der Waals surface area contributed by atoms with Crippen LogP contribution in [0, 0.1) is 0 Å². The number of hydrogen-bond acceptors (Lipinski definition) is 3. The summed E-state index contributed by atoms with van der Waals surface area (Å²) in [6.07, 6.45) is 12.0. The molecule has 14 heavy (non-hydrogen) atoms. The van der Waals surface area contributed by atoms with E-state index < -0.39 is 6.03 Å². The molecule has 2 rings (SSSR count). The lowest BCUT2D eigenvalue weighted by molar-refractivity contribution is 0.241. The summed E-state index contributed by atoms with van der Waals surface area (Å²) in [7, 11) is 0. The molecular formula is C9H22N4O. The van der Waals surface area contributed by atoms with Crippen LogP contribution in [0.1, 0.15) is 51.4 Å². The zero-order valence-electron chi connectivity index (χ0n) is 8.72. The predicted octanol–water partition coefficient (Wildman–Crippen LogP) is 1.15. The van der Waals surface area contributed by atoms with Crippen molar-refractivity contribution in [3.8, 4) is 0 Å². The van der Waals surface area contributed by atoms with Crippen molar-refractivity contribution in [2.45, 2.75) is 51.4 Å². The van der Waals surface area contributed by atoms with Gasteiger partial charge in [-0.1, -0.05) is 51.4 Å². The second kappa shape index (κ2) is 10.3. The summed E-state index contributed by atoms with van der Waals surface area (Å²) in [5.74, 6) is 9.08. The van der Waals surface area contributed by atoms with E-state index in [0.29, 0.717) is 0 Å². The molecule has 0 aromatic heterocycles. The van der Waals surface area contributed by atoms with E-state index >= 15 is 0 Å². The van der Waals surface area contributed by atoms with Crippen LogP contribution in [0.3, 0.4) is 0 Å². The van der Waals surface area contributed by atoms with Gasteiger partial charge in [0.15, 0.2) is 0 Å². The minimum absolute atomic E-state index is 0.602. The minimum atomic E-state index is -0.602. The molecule has 0 aliphatic heterocycles. The Morgan fingerprint density at radius 1 is 0.714 bits per heavy atom. The Balaban J connectivity index is 0.000000185. The lowest BCUT2D eigenvalue weighted by Gasteiger charge is -2.05. The molecular weight excluding hydrogens is 180 g/mol. The van der Waals surface area contributed by atoms with E-state index in [-0.39, 0.29) is 0 Å². The van der Waals surface area contributed by atoms with Gasteiger partial charge in [-0.3, -0.25) is 10.9 Å². The van der Waals surface area contributed by atoms with Crippen LogP contribution in [-0.2, 0) is 0 Å². The van der Waals surface area contributed by atoms with Gasteiger partial charge in [0.2, 0.25) is 0 Å². The Hall–Kier alpha value is -0.810. The van der Waals surface area contributed by atoms with Gasteiger partial charge in [0.1, 0.15) is 0 Å². The van der Waals surface area contributed by atoms with E-state index in [1.165, 1.54) is 51.4 Å². The number of amides is 2. The Labute approximate surface area is 85.5 Å². The quantitative estimate of drug-likeness (QED) is 0.270. The first kappa shape index (κ1) is 13.2. The molecule has 5 heteroatoms. The van der Waals surface area contributed by atoms with E-state index in [4.69, 9.17) is 0 Å². The summed E-state index contributed by atoms with van der Waals surface area (Å²) in [6.45, 7) is 0. The van der Waals surface area contributed by atoms with Gasteiger partial charge in [0, 0.05) is 0 Å². The largest absolute Gasteiger partial charge is 0.343 e. The Morgan fingerprint density at radius 2 is 0.929 bits per heavy atom. The summed E-state index contributed by atoms with van der Waals surface area (Å²) < 4.78 is 0. The lowest BCUT2D eigenvalue weighted by atomic mass is 10.0. The fraction of sp³-hybridized carbons (Fsp3) is 0.889. The molecule has 84 valence electrons. The maximum Gasteiger partial charge on any atom is 0.343 e. The molecule has 0 unspecified atom stereocenters. The van der Waals surface area contributed by atoms with Crippen molar-refractivity contribution in [2.24, 2.45) is 11.7 Å². The van der Waals surface area contributed by atoms with E-state index in [2.05, 4.69) is 11.7 Å². The Morgan fingerprint density at radius 3 is 0.929 bits per heavy atom. The third-order valence-corrected chi connectivity index (χ3v) is 2.26. The maximum atomic E-state index is 9.71. The Kier molecular flexibility index (Phi) is 9.68. The number of nitrogens with two attached hydrogens (primary N) is 2. The van der Waals surface area contributed by atoms with Gasteiger partial charge in [-0.05, 0) is 0 Å². The molecule has 0 atom stereocenters. The van der Waals surface area contributed by atoms with Gasteiger partial charge in [-0.25, -0.2) is 16.5 Å². The molecule has 2 fully saturated rings. The molecule has 2 saturated carbocycles. The average Bonchev–Trinajstić information content (AvgIpc) is 1.96. The van der Waals surface area contributed by atoms with Crippen molar-refractivity contribution in [3.05, 3.63) is 0 Å². The highest BCUT2D eigenvalue weighted by Gasteiger charge is 1.95. The first-order chi connectivity index (χ1) is 6.81. The molecule has 0 aromatic carbocycles. The summed E-state index contributed by atoms with van der Waals surface area (Å²) in [5, 5.41) is 0. The van der Waals surface area contributed by atoms with Crippen molar-refractivity contribution in [2.75, 3.05) is 0 Å². The normalized spacial score (nSPS) is 16.7. The zero-order valence-corrected chi connectivity index (χ0v) is 8.72. The molecule has 5 nitrogen and oxygen atoms in total. The summed E-state index contributed by atoms with van der Waals surface area (Å²) in [4.78, 5) is 9.71. The molecule has 2 aliphatic carbocycles. The van der Waals surface area contributed by atoms with Crippen LogP contribution < -0.4 is 22.5 Å². The molecule has 0 aromatic rings. The molecule has 2 amide bonds.